The number of fused-ring (bicyclic) bond motifs is 1. The molecule has 0 unspecified atom stereocenters. The van der Waals surface area contributed by atoms with E-state index in [-0.39, 0.29) is 0 Å². The summed E-state index contributed by atoms with van der Waals surface area (Å²) in [5.41, 5.74) is 1.52. The first-order valence-corrected chi connectivity index (χ1v) is 5.57. The zero-order valence-corrected chi connectivity index (χ0v) is 9.48. The van der Waals surface area contributed by atoms with Crippen LogP contribution >= 0.6 is 11.3 Å². The Hall–Kier alpha value is -0.860. The topological polar surface area (TPSA) is 20.2 Å². The summed E-state index contributed by atoms with van der Waals surface area (Å²) in [5.74, 6) is 0. The van der Waals surface area contributed by atoms with E-state index in [0.29, 0.717) is 0 Å². The SMILES string of the molecule is Cc1ccc2scc(C(C)(C)O)c2c1. The van der Waals surface area contributed by atoms with Gasteiger partial charge in [-0.2, -0.15) is 0 Å². The van der Waals surface area contributed by atoms with Gasteiger partial charge in [-0.15, -0.1) is 11.3 Å². The van der Waals surface area contributed by atoms with Gasteiger partial charge in [-0.25, -0.2) is 0 Å². The lowest BCUT2D eigenvalue weighted by molar-refractivity contribution is 0.0806. The first kappa shape index (κ1) is 9.69. The van der Waals surface area contributed by atoms with Crippen molar-refractivity contribution in [3.8, 4) is 0 Å². The van der Waals surface area contributed by atoms with E-state index in [1.165, 1.54) is 15.6 Å². The first-order chi connectivity index (χ1) is 6.48. The largest absolute Gasteiger partial charge is 0.386 e. The van der Waals surface area contributed by atoms with Crippen LogP contribution < -0.4 is 0 Å². The molecular weight excluding hydrogens is 192 g/mol. The van der Waals surface area contributed by atoms with Crippen molar-refractivity contribution >= 4 is 21.4 Å². The predicted molar refractivity (Wildman–Crippen MR) is 61.8 cm³/mol. The third-order valence-electron chi connectivity index (χ3n) is 2.39. The Balaban J connectivity index is 2.73. The number of aliphatic hydroxyl groups is 1. The molecule has 2 heteroatoms. The third kappa shape index (κ3) is 1.56. The van der Waals surface area contributed by atoms with E-state index < -0.39 is 5.60 Å². The van der Waals surface area contributed by atoms with Gasteiger partial charge in [0.1, 0.15) is 0 Å². The highest BCUT2D eigenvalue weighted by Crippen LogP contribution is 2.33. The minimum Gasteiger partial charge on any atom is -0.386 e. The Labute approximate surface area is 88.0 Å². The Bertz CT molecular complexity index is 463. The van der Waals surface area contributed by atoms with E-state index in [4.69, 9.17) is 0 Å². The van der Waals surface area contributed by atoms with Crippen LogP contribution in [0.4, 0.5) is 0 Å². The maximum atomic E-state index is 9.97. The van der Waals surface area contributed by atoms with Crippen LogP contribution in [0.1, 0.15) is 25.0 Å². The van der Waals surface area contributed by atoms with Crippen LogP contribution in [0.2, 0.25) is 0 Å². The zero-order chi connectivity index (χ0) is 10.3. The lowest BCUT2D eigenvalue weighted by Gasteiger charge is -2.16. The molecule has 1 aromatic carbocycles. The molecule has 0 spiro atoms. The van der Waals surface area contributed by atoms with Crippen LogP contribution in [0, 0.1) is 6.92 Å². The number of rotatable bonds is 1. The average molecular weight is 206 g/mol. The standard InChI is InChI=1S/C12H14OS/c1-8-4-5-11-9(6-8)10(7-14-11)12(2,3)13/h4-7,13H,1-3H3. The van der Waals surface area contributed by atoms with Crippen LogP contribution in [-0.2, 0) is 5.60 Å². The molecular formula is C12H14OS. The molecule has 2 rings (SSSR count). The molecule has 0 aliphatic heterocycles. The molecule has 14 heavy (non-hydrogen) atoms. The van der Waals surface area contributed by atoms with Crippen molar-refractivity contribution < 1.29 is 5.11 Å². The van der Waals surface area contributed by atoms with E-state index in [1.54, 1.807) is 11.3 Å². The van der Waals surface area contributed by atoms with E-state index in [1.807, 2.05) is 19.2 Å². The van der Waals surface area contributed by atoms with Crippen LogP contribution in [-0.4, -0.2) is 5.11 Å². The molecule has 0 aliphatic carbocycles. The minimum atomic E-state index is -0.744. The van der Waals surface area contributed by atoms with Gasteiger partial charge in [0.15, 0.2) is 0 Å². The molecule has 0 radical (unpaired) electrons. The second-order valence-electron chi connectivity index (χ2n) is 4.21. The van der Waals surface area contributed by atoms with Crippen LogP contribution in [0.3, 0.4) is 0 Å². The molecule has 0 atom stereocenters. The van der Waals surface area contributed by atoms with Crippen LogP contribution in [0.5, 0.6) is 0 Å². The fourth-order valence-corrected chi connectivity index (χ4v) is 2.72. The monoisotopic (exact) mass is 206 g/mol. The van der Waals surface area contributed by atoms with Crippen molar-refractivity contribution in [2.45, 2.75) is 26.4 Å². The minimum absolute atomic E-state index is 0.744. The molecule has 1 N–H and O–H groups in total. The average Bonchev–Trinajstić information content (AvgIpc) is 2.45. The Kier molecular flexibility index (Phi) is 2.13. The van der Waals surface area contributed by atoms with Crippen LogP contribution in [0.15, 0.2) is 23.6 Å². The van der Waals surface area contributed by atoms with Gasteiger partial charge in [-0.3, -0.25) is 0 Å². The smallest absolute Gasteiger partial charge is 0.0854 e. The number of hydrogen-bond donors (Lipinski definition) is 1. The summed E-state index contributed by atoms with van der Waals surface area (Å²) in [7, 11) is 0. The fraction of sp³-hybridized carbons (Fsp3) is 0.333. The predicted octanol–water partition coefficient (Wildman–Crippen LogP) is 3.44. The van der Waals surface area contributed by atoms with Crippen molar-refractivity contribution in [3.05, 3.63) is 34.7 Å². The van der Waals surface area contributed by atoms with Crippen molar-refractivity contribution in [2.75, 3.05) is 0 Å². The van der Waals surface area contributed by atoms with E-state index >= 15 is 0 Å². The maximum Gasteiger partial charge on any atom is 0.0854 e. The second kappa shape index (κ2) is 3.07. The first-order valence-electron chi connectivity index (χ1n) is 4.69. The molecule has 74 valence electrons. The maximum absolute atomic E-state index is 9.97. The number of benzene rings is 1. The van der Waals surface area contributed by atoms with Crippen LogP contribution in [0.25, 0.3) is 10.1 Å². The summed E-state index contributed by atoms with van der Waals surface area (Å²) in [4.78, 5) is 0. The highest BCUT2D eigenvalue weighted by Gasteiger charge is 2.19. The molecule has 1 heterocycles. The molecule has 2 aromatic rings. The number of aryl methyl sites for hydroxylation is 1. The highest BCUT2D eigenvalue weighted by molar-refractivity contribution is 7.17. The van der Waals surface area contributed by atoms with Gasteiger partial charge in [0.2, 0.25) is 0 Å². The summed E-state index contributed by atoms with van der Waals surface area (Å²) in [6, 6.07) is 6.36. The Morgan fingerprint density at radius 1 is 1.29 bits per heavy atom. The number of thiophene rings is 1. The molecule has 1 nitrogen and oxygen atoms in total. The van der Waals surface area contributed by atoms with Gasteiger partial charge >= 0.3 is 0 Å². The van der Waals surface area contributed by atoms with Gasteiger partial charge in [0.05, 0.1) is 5.60 Å². The Morgan fingerprint density at radius 2 is 2.00 bits per heavy atom. The summed E-state index contributed by atoms with van der Waals surface area (Å²) in [6.07, 6.45) is 0. The van der Waals surface area contributed by atoms with Gasteiger partial charge in [0.25, 0.3) is 0 Å². The fourth-order valence-electron chi connectivity index (χ4n) is 1.62. The molecule has 0 aliphatic rings. The lowest BCUT2D eigenvalue weighted by atomic mass is 9.97. The summed E-state index contributed by atoms with van der Waals surface area (Å²) in [5, 5.41) is 13.2. The molecule has 0 fully saturated rings. The highest BCUT2D eigenvalue weighted by atomic mass is 32.1. The lowest BCUT2D eigenvalue weighted by Crippen LogP contribution is -2.14. The summed E-state index contributed by atoms with van der Waals surface area (Å²) < 4.78 is 1.24. The van der Waals surface area contributed by atoms with Gasteiger partial charge in [-0.05, 0) is 37.6 Å². The van der Waals surface area contributed by atoms with Crippen molar-refractivity contribution in [1.29, 1.82) is 0 Å². The zero-order valence-electron chi connectivity index (χ0n) is 8.66. The van der Waals surface area contributed by atoms with Gasteiger partial charge in [-0.1, -0.05) is 17.7 Å². The van der Waals surface area contributed by atoms with Gasteiger partial charge < -0.3 is 5.11 Å². The quantitative estimate of drug-likeness (QED) is 0.757. The molecule has 1 aromatic heterocycles. The number of hydrogen-bond acceptors (Lipinski definition) is 2. The van der Waals surface area contributed by atoms with Crippen molar-refractivity contribution in [2.24, 2.45) is 0 Å². The summed E-state index contributed by atoms with van der Waals surface area (Å²) in [6.45, 7) is 5.74. The molecule has 0 bridgehead atoms. The van der Waals surface area contributed by atoms with Crippen molar-refractivity contribution in [1.82, 2.24) is 0 Å². The third-order valence-corrected chi connectivity index (χ3v) is 3.35. The van der Waals surface area contributed by atoms with E-state index in [0.717, 1.165) is 5.56 Å². The molecule has 0 amide bonds. The van der Waals surface area contributed by atoms with Gasteiger partial charge in [0, 0.05) is 10.3 Å². The second-order valence-corrected chi connectivity index (χ2v) is 5.12. The normalized spacial score (nSPS) is 12.3. The Morgan fingerprint density at radius 3 is 2.64 bits per heavy atom. The molecule has 0 saturated heterocycles. The molecule has 0 saturated carbocycles. The van der Waals surface area contributed by atoms with Crippen molar-refractivity contribution in [3.63, 3.8) is 0 Å². The van der Waals surface area contributed by atoms with E-state index in [9.17, 15) is 5.11 Å². The van der Waals surface area contributed by atoms with E-state index in [2.05, 4.69) is 25.1 Å². The summed E-state index contributed by atoms with van der Waals surface area (Å²) >= 11 is 1.69.